The Labute approximate surface area is 170 Å². The van der Waals surface area contributed by atoms with Crippen molar-refractivity contribution in [2.45, 2.75) is 59.3 Å². The maximum absolute atomic E-state index is 13.3. The summed E-state index contributed by atoms with van der Waals surface area (Å²) in [5.41, 5.74) is 3.72. The highest BCUT2D eigenvalue weighted by Gasteiger charge is 2.26. The van der Waals surface area contributed by atoms with E-state index in [1.54, 1.807) is 16.9 Å². The molecule has 4 nitrogen and oxygen atoms in total. The number of benzene rings is 1. The molecule has 0 atom stereocenters. The SMILES string of the molecule is Cc1ccoc1C(=O)n1c(C(C)(C)C)csc1=Nc1ccc(C(C)(C)C)cc1. The average Bonchev–Trinajstić information content (AvgIpc) is 3.20. The zero-order chi connectivity index (χ0) is 20.7. The van der Waals surface area contributed by atoms with Crippen molar-refractivity contribution in [2.24, 2.45) is 4.99 Å². The molecule has 0 aliphatic rings. The summed E-state index contributed by atoms with van der Waals surface area (Å²) in [6, 6.07) is 10.0. The second kappa shape index (κ2) is 7.21. The van der Waals surface area contributed by atoms with E-state index in [9.17, 15) is 4.79 Å². The summed E-state index contributed by atoms with van der Waals surface area (Å²) in [5, 5.41) is 2.01. The van der Waals surface area contributed by atoms with Gasteiger partial charge in [-0.3, -0.25) is 9.36 Å². The summed E-state index contributed by atoms with van der Waals surface area (Å²) < 4.78 is 7.16. The molecule has 0 aliphatic heterocycles. The normalized spacial score (nSPS) is 13.2. The van der Waals surface area contributed by atoms with Gasteiger partial charge in [0.2, 0.25) is 0 Å². The van der Waals surface area contributed by atoms with Crippen molar-refractivity contribution < 1.29 is 9.21 Å². The fourth-order valence-electron chi connectivity index (χ4n) is 2.94. The quantitative estimate of drug-likeness (QED) is 0.536. The molecule has 3 aromatic rings. The van der Waals surface area contributed by atoms with E-state index in [1.807, 2.05) is 24.4 Å². The Bertz CT molecular complexity index is 1050. The fraction of sp³-hybridized carbons (Fsp3) is 0.391. The molecule has 1 aromatic carbocycles. The summed E-state index contributed by atoms with van der Waals surface area (Å²) in [5.74, 6) is 0.173. The number of carbonyl (C=O) groups excluding carboxylic acids is 1. The van der Waals surface area contributed by atoms with Gasteiger partial charge in [-0.15, -0.1) is 11.3 Å². The molecule has 0 aliphatic carbocycles. The highest BCUT2D eigenvalue weighted by Crippen LogP contribution is 2.26. The standard InChI is InChI=1S/C23H28N2O2S/c1-15-12-13-27-19(15)20(26)25-18(23(5,6)7)14-28-21(25)24-17-10-8-16(9-11-17)22(2,3)4/h8-14H,1-7H3. The Morgan fingerprint density at radius 1 is 1.00 bits per heavy atom. The van der Waals surface area contributed by atoms with Crippen LogP contribution in [0.5, 0.6) is 0 Å². The molecule has 0 radical (unpaired) electrons. The highest BCUT2D eigenvalue weighted by molar-refractivity contribution is 7.07. The highest BCUT2D eigenvalue weighted by atomic mass is 32.1. The van der Waals surface area contributed by atoms with Gasteiger partial charge in [-0.2, -0.15) is 0 Å². The van der Waals surface area contributed by atoms with E-state index in [0.717, 1.165) is 16.9 Å². The lowest BCUT2D eigenvalue weighted by Gasteiger charge is -2.20. The zero-order valence-electron chi connectivity index (χ0n) is 17.7. The lowest BCUT2D eigenvalue weighted by molar-refractivity contribution is 0.0921. The van der Waals surface area contributed by atoms with Crippen molar-refractivity contribution in [3.8, 4) is 0 Å². The van der Waals surface area contributed by atoms with Crippen LogP contribution in [0.1, 0.15) is 68.9 Å². The van der Waals surface area contributed by atoms with Crippen LogP contribution in [0.2, 0.25) is 0 Å². The molecule has 2 heterocycles. The van der Waals surface area contributed by atoms with E-state index in [0.29, 0.717) is 10.6 Å². The molecule has 0 spiro atoms. The number of nitrogens with zero attached hydrogens (tertiary/aromatic N) is 2. The first-order valence-corrected chi connectivity index (χ1v) is 10.3. The number of carbonyl (C=O) groups is 1. The maximum atomic E-state index is 13.3. The second-order valence-corrected chi connectivity index (χ2v) is 9.97. The molecular weight excluding hydrogens is 368 g/mol. The molecule has 0 unspecified atom stereocenters. The minimum Gasteiger partial charge on any atom is -0.459 e. The molecule has 3 rings (SSSR count). The number of aromatic nitrogens is 1. The van der Waals surface area contributed by atoms with Crippen LogP contribution in [0.15, 0.2) is 51.4 Å². The van der Waals surface area contributed by atoms with Crippen LogP contribution in [0.4, 0.5) is 5.69 Å². The smallest absolute Gasteiger partial charge is 0.300 e. The molecular formula is C23H28N2O2S. The van der Waals surface area contributed by atoms with Gasteiger partial charge in [0, 0.05) is 22.1 Å². The van der Waals surface area contributed by atoms with Crippen molar-refractivity contribution in [1.29, 1.82) is 0 Å². The van der Waals surface area contributed by atoms with Crippen molar-refractivity contribution in [3.63, 3.8) is 0 Å². The predicted molar refractivity (Wildman–Crippen MR) is 115 cm³/mol. The number of furan rings is 1. The number of hydrogen-bond donors (Lipinski definition) is 0. The van der Waals surface area contributed by atoms with Crippen LogP contribution in [-0.2, 0) is 10.8 Å². The first kappa shape index (κ1) is 20.3. The first-order valence-electron chi connectivity index (χ1n) is 9.43. The van der Waals surface area contributed by atoms with Crippen LogP contribution in [-0.4, -0.2) is 10.5 Å². The van der Waals surface area contributed by atoms with Crippen molar-refractivity contribution in [2.75, 3.05) is 0 Å². The van der Waals surface area contributed by atoms with Gasteiger partial charge < -0.3 is 4.42 Å². The van der Waals surface area contributed by atoms with Crippen molar-refractivity contribution in [3.05, 3.63) is 69.4 Å². The second-order valence-electron chi connectivity index (χ2n) is 9.14. The fourth-order valence-corrected chi connectivity index (χ4v) is 4.06. The zero-order valence-corrected chi connectivity index (χ0v) is 18.5. The van der Waals surface area contributed by atoms with Crippen LogP contribution < -0.4 is 4.80 Å². The van der Waals surface area contributed by atoms with Crippen molar-refractivity contribution >= 4 is 22.9 Å². The Morgan fingerprint density at radius 2 is 1.64 bits per heavy atom. The van der Waals surface area contributed by atoms with Crippen LogP contribution in [0, 0.1) is 6.92 Å². The summed E-state index contributed by atoms with van der Waals surface area (Å²) in [6.07, 6.45) is 1.55. The minimum atomic E-state index is -0.198. The molecule has 0 saturated carbocycles. The van der Waals surface area contributed by atoms with Crippen LogP contribution >= 0.6 is 11.3 Å². The lowest BCUT2D eigenvalue weighted by atomic mass is 9.87. The minimum absolute atomic E-state index is 0.0908. The third kappa shape index (κ3) is 4.04. The molecule has 0 amide bonds. The summed E-state index contributed by atoms with van der Waals surface area (Å²) in [6.45, 7) is 14.7. The molecule has 0 saturated heterocycles. The number of aryl methyl sites for hydroxylation is 1. The van der Waals surface area contributed by atoms with E-state index in [4.69, 9.17) is 9.41 Å². The predicted octanol–water partition coefficient (Wildman–Crippen LogP) is 5.97. The van der Waals surface area contributed by atoms with Gasteiger partial charge in [0.25, 0.3) is 5.91 Å². The van der Waals surface area contributed by atoms with Gasteiger partial charge in [0.05, 0.1) is 12.0 Å². The Balaban J connectivity index is 2.14. The van der Waals surface area contributed by atoms with Gasteiger partial charge in [0.1, 0.15) is 0 Å². The van der Waals surface area contributed by atoms with Gasteiger partial charge in [-0.1, -0.05) is 53.7 Å². The van der Waals surface area contributed by atoms with Gasteiger partial charge in [0.15, 0.2) is 10.6 Å². The summed E-state index contributed by atoms with van der Waals surface area (Å²) >= 11 is 1.47. The molecule has 0 fully saturated rings. The lowest BCUT2D eigenvalue weighted by Crippen LogP contribution is -2.30. The van der Waals surface area contributed by atoms with Gasteiger partial charge >= 0.3 is 0 Å². The van der Waals surface area contributed by atoms with E-state index in [-0.39, 0.29) is 16.7 Å². The largest absolute Gasteiger partial charge is 0.459 e. The van der Waals surface area contributed by atoms with E-state index in [2.05, 4.69) is 53.7 Å². The molecule has 0 N–H and O–H groups in total. The molecule has 2 aromatic heterocycles. The Hall–Kier alpha value is -2.40. The van der Waals surface area contributed by atoms with Crippen LogP contribution in [0.3, 0.4) is 0 Å². The van der Waals surface area contributed by atoms with Gasteiger partial charge in [-0.05, 0) is 36.1 Å². The van der Waals surface area contributed by atoms with E-state index < -0.39 is 0 Å². The molecule has 5 heteroatoms. The van der Waals surface area contributed by atoms with E-state index in [1.165, 1.54) is 16.9 Å². The van der Waals surface area contributed by atoms with Crippen molar-refractivity contribution in [1.82, 2.24) is 4.57 Å². The molecule has 148 valence electrons. The number of hydrogen-bond acceptors (Lipinski definition) is 4. The van der Waals surface area contributed by atoms with Gasteiger partial charge in [-0.25, -0.2) is 4.99 Å². The Morgan fingerprint density at radius 3 is 2.14 bits per heavy atom. The summed E-state index contributed by atoms with van der Waals surface area (Å²) in [4.78, 5) is 18.7. The molecule has 0 bridgehead atoms. The summed E-state index contributed by atoms with van der Waals surface area (Å²) in [7, 11) is 0. The molecule has 28 heavy (non-hydrogen) atoms. The van der Waals surface area contributed by atoms with Crippen LogP contribution in [0.25, 0.3) is 0 Å². The average molecular weight is 397 g/mol. The third-order valence-corrected chi connectivity index (χ3v) is 5.52. The first-order chi connectivity index (χ1) is 13.0. The maximum Gasteiger partial charge on any atom is 0.300 e. The van der Waals surface area contributed by atoms with E-state index >= 15 is 0 Å². The topological polar surface area (TPSA) is 47.5 Å². The number of thiazole rings is 1. The Kier molecular flexibility index (Phi) is 5.24. The number of rotatable bonds is 2. The monoisotopic (exact) mass is 396 g/mol. The third-order valence-electron chi connectivity index (χ3n) is 4.69.